The summed E-state index contributed by atoms with van der Waals surface area (Å²) in [5.74, 6) is 0.408. The molecule has 1 fully saturated rings. The van der Waals surface area contributed by atoms with Gasteiger partial charge in [-0.05, 0) is 36.4 Å². The van der Waals surface area contributed by atoms with Crippen LogP contribution in [0.2, 0.25) is 5.02 Å². The number of benzene rings is 2. The van der Waals surface area contributed by atoms with Crippen molar-refractivity contribution in [1.29, 1.82) is 0 Å². The van der Waals surface area contributed by atoms with E-state index in [-0.39, 0.29) is 24.8 Å². The van der Waals surface area contributed by atoms with Crippen LogP contribution in [0.15, 0.2) is 54.6 Å². The number of hydrogen-bond acceptors (Lipinski definition) is 8. The number of hydrogen-bond donors (Lipinski definition) is 2. The third kappa shape index (κ3) is 6.59. The van der Waals surface area contributed by atoms with Crippen LogP contribution in [-0.4, -0.2) is 81.6 Å². The van der Waals surface area contributed by atoms with Crippen molar-refractivity contribution in [3.8, 4) is 5.88 Å². The quantitative estimate of drug-likeness (QED) is 0.272. The first-order valence-corrected chi connectivity index (χ1v) is 13.6. The second-order valence-electron chi connectivity index (χ2n) is 9.79. The summed E-state index contributed by atoms with van der Waals surface area (Å²) in [5, 5.41) is 20.1. The lowest BCUT2D eigenvalue weighted by molar-refractivity contribution is 0.0697. The number of piperazine rings is 1. The summed E-state index contributed by atoms with van der Waals surface area (Å²) < 4.78 is 27.2. The first-order chi connectivity index (χ1) is 19.9. The minimum absolute atomic E-state index is 0.0184. The molecule has 5 rings (SSSR count). The molecule has 2 aromatic heterocycles. The topological polar surface area (TPSA) is 113 Å². The number of carbonyl (C=O) groups is 1. The smallest absolute Gasteiger partial charge is 0.335 e. The molecule has 0 unspecified atom stereocenters. The Labute approximate surface area is 241 Å². The van der Waals surface area contributed by atoms with Crippen molar-refractivity contribution in [3.63, 3.8) is 0 Å². The van der Waals surface area contributed by atoms with Gasteiger partial charge in [0.05, 0.1) is 42.4 Å². The number of anilines is 1. The Bertz CT molecular complexity index is 1530. The van der Waals surface area contributed by atoms with E-state index in [1.54, 1.807) is 43.5 Å². The summed E-state index contributed by atoms with van der Waals surface area (Å²) in [6.45, 7) is 3.22. The number of imidazole rings is 1. The molecule has 0 aliphatic carbocycles. The van der Waals surface area contributed by atoms with Crippen LogP contribution in [0, 0.1) is 5.82 Å². The lowest BCUT2D eigenvalue weighted by atomic mass is 10.1. The standard InChI is InChI=1S/C29H31ClFN5O5/c1-40-12-11-36-25-13-19(29(38)39)6-8-24(25)32-27(36)16-34-9-10-35(15-22(34)17-37)26-3-2-4-28(33-26)41-18-20-5-7-21(30)14-23(20)31/h2-8,13-14,22,37H,9-12,15-18H2,1H3,(H,38,39)/t22-/m1/s1. The summed E-state index contributed by atoms with van der Waals surface area (Å²) in [5.41, 5.74) is 2.02. The van der Waals surface area contributed by atoms with Crippen molar-refractivity contribution >= 4 is 34.4 Å². The second kappa shape index (κ2) is 12.8. The molecule has 2 N–H and O–H groups in total. The van der Waals surface area contributed by atoms with Gasteiger partial charge < -0.3 is 29.2 Å². The molecule has 0 amide bonds. The van der Waals surface area contributed by atoms with Crippen LogP contribution < -0.4 is 9.64 Å². The predicted octanol–water partition coefficient (Wildman–Crippen LogP) is 3.83. The number of rotatable bonds is 11. The summed E-state index contributed by atoms with van der Waals surface area (Å²) >= 11 is 5.83. The van der Waals surface area contributed by atoms with E-state index < -0.39 is 11.8 Å². The number of methoxy groups -OCH3 is 1. The van der Waals surface area contributed by atoms with Crippen molar-refractivity contribution in [2.75, 3.05) is 44.9 Å². The predicted molar refractivity (Wildman–Crippen MR) is 152 cm³/mol. The molecule has 4 aromatic rings. The Hall–Kier alpha value is -3.77. The molecule has 10 nitrogen and oxygen atoms in total. The molecule has 1 saturated heterocycles. The van der Waals surface area contributed by atoms with E-state index in [0.29, 0.717) is 67.1 Å². The third-order valence-electron chi connectivity index (χ3n) is 7.18. The van der Waals surface area contributed by atoms with Gasteiger partial charge in [-0.3, -0.25) is 4.90 Å². The summed E-state index contributed by atoms with van der Waals surface area (Å²) in [6.07, 6.45) is 0. The lowest BCUT2D eigenvalue weighted by Gasteiger charge is -2.41. The summed E-state index contributed by atoms with van der Waals surface area (Å²) in [4.78, 5) is 25.2. The number of carboxylic acid groups (broad SMARTS) is 1. The highest BCUT2D eigenvalue weighted by Gasteiger charge is 2.29. The highest BCUT2D eigenvalue weighted by atomic mass is 35.5. The number of aliphatic hydroxyl groups is 1. The fraction of sp³-hybridized carbons (Fsp3) is 0.345. The Kier molecular flexibility index (Phi) is 8.99. The molecular formula is C29H31ClFN5O5. The van der Waals surface area contributed by atoms with E-state index in [1.165, 1.54) is 6.07 Å². The Morgan fingerprint density at radius 3 is 2.76 bits per heavy atom. The Balaban J connectivity index is 1.29. The third-order valence-corrected chi connectivity index (χ3v) is 7.41. The van der Waals surface area contributed by atoms with Crippen molar-refractivity contribution in [2.24, 2.45) is 0 Å². The lowest BCUT2D eigenvalue weighted by Crippen LogP contribution is -2.54. The molecule has 0 saturated carbocycles. The first-order valence-electron chi connectivity index (χ1n) is 13.2. The molecule has 1 aliphatic rings. The SMILES string of the molecule is COCCn1c(CN2CCN(c3cccc(OCc4ccc(Cl)cc4F)n3)C[C@@H]2CO)nc2ccc(C(=O)O)cc21. The molecule has 41 heavy (non-hydrogen) atoms. The zero-order valence-corrected chi connectivity index (χ0v) is 23.3. The second-order valence-corrected chi connectivity index (χ2v) is 10.2. The fourth-order valence-corrected chi connectivity index (χ4v) is 5.13. The van der Waals surface area contributed by atoms with Gasteiger partial charge >= 0.3 is 5.97 Å². The molecule has 1 aliphatic heterocycles. The fourth-order valence-electron chi connectivity index (χ4n) is 4.97. The maximum atomic E-state index is 14.1. The maximum absolute atomic E-state index is 14.1. The van der Waals surface area contributed by atoms with Crippen LogP contribution in [-0.2, 0) is 24.4 Å². The van der Waals surface area contributed by atoms with Crippen LogP contribution in [0.5, 0.6) is 5.88 Å². The zero-order chi connectivity index (χ0) is 28.9. The van der Waals surface area contributed by atoms with Gasteiger partial charge in [0.25, 0.3) is 0 Å². The van der Waals surface area contributed by atoms with Gasteiger partial charge in [-0.15, -0.1) is 0 Å². The van der Waals surface area contributed by atoms with Crippen LogP contribution in [0.1, 0.15) is 21.7 Å². The molecule has 0 radical (unpaired) electrons. The van der Waals surface area contributed by atoms with Crippen LogP contribution in [0.25, 0.3) is 11.0 Å². The highest BCUT2D eigenvalue weighted by Crippen LogP contribution is 2.24. The minimum Gasteiger partial charge on any atom is -0.478 e. The minimum atomic E-state index is -0.996. The normalized spacial score (nSPS) is 15.9. The van der Waals surface area contributed by atoms with Crippen molar-refractivity contribution < 1.29 is 28.9 Å². The van der Waals surface area contributed by atoms with Crippen molar-refractivity contribution in [2.45, 2.75) is 25.7 Å². The number of pyridine rings is 1. The monoisotopic (exact) mass is 583 g/mol. The van der Waals surface area contributed by atoms with E-state index in [4.69, 9.17) is 26.1 Å². The van der Waals surface area contributed by atoms with E-state index in [9.17, 15) is 19.4 Å². The number of nitrogens with zero attached hydrogens (tertiary/aromatic N) is 5. The van der Waals surface area contributed by atoms with E-state index in [2.05, 4.69) is 14.8 Å². The molecule has 2 aromatic carbocycles. The van der Waals surface area contributed by atoms with Crippen LogP contribution in [0.4, 0.5) is 10.2 Å². The molecule has 12 heteroatoms. The zero-order valence-electron chi connectivity index (χ0n) is 22.5. The van der Waals surface area contributed by atoms with Crippen molar-refractivity contribution in [1.82, 2.24) is 19.4 Å². The largest absolute Gasteiger partial charge is 0.478 e. The average Bonchev–Trinajstić information content (AvgIpc) is 3.31. The highest BCUT2D eigenvalue weighted by molar-refractivity contribution is 6.30. The van der Waals surface area contributed by atoms with Gasteiger partial charge in [-0.2, -0.15) is 4.98 Å². The number of halogens is 2. The van der Waals surface area contributed by atoms with Crippen molar-refractivity contribution in [3.05, 3.63) is 82.4 Å². The number of aromatic nitrogens is 3. The number of carboxylic acids is 1. The first kappa shape index (κ1) is 28.7. The van der Waals surface area contributed by atoms with Gasteiger partial charge in [0.1, 0.15) is 24.1 Å². The van der Waals surface area contributed by atoms with E-state index in [0.717, 1.165) is 11.3 Å². The van der Waals surface area contributed by atoms with Gasteiger partial charge in [-0.1, -0.05) is 23.7 Å². The van der Waals surface area contributed by atoms with Gasteiger partial charge in [-0.25, -0.2) is 14.2 Å². The molecule has 1 atom stereocenters. The van der Waals surface area contributed by atoms with Crippen LogP contribution in [0.3, 0.4) is 0 Å². The molecule has 0 bridgehead atoms. The van der Waals surface area contributed by atoms with E-state index in [1.807, 2.05) is 16.7 Å². The summed E-state index contributed by atoms with van der Waals surface area (Å²) in [6, 6.07) is 14.6. The molecular weight excluding hydrogens is 553 g/mol. The van der Waals surface area contributed by atoms with E-state index >= 15 is 0 Å². The number of fused-ring (bicyclic) bond motifs is 1. The maximum Gasteiger partial charge on any atom is 0.335 e. The number of ether oxygens (including phenoxy) is 2. The van der Waals surface area contributed by atoms with Gasteiger partial charge in [0.2, 0.25) is 5.88 Å². The number of aromatic carboxylic acids is 1. The Morgan fingerprint density at radius 1 is 1.15 bits per heavy atom. The average molecular weight is 584 g/mol. The molecule has 0 spiro atoms. The molecule has 3 heterocycles. The molecule has 216 valence electrons. The number of aliphatic hydroxyl groups excluding tert-OH is 1. The van der Waals surface area contributed by atoms with Gasteiger partial charge in [0.15, 0.2) is 0 Å². The Morgan fingerprint density at radius 2 is 2.00 bits per heavy atom. The summed E-state index contributed by atoms with van der Waals surface area (Å²) in [7, 11) is 1.62. The van der Waals surface area contributed by atoms with Gasteiger partial charge in [0, 0.05) is 49.9 Å². The van der Waals surface area contributed by atoms with Crippen LogP contribution >= 0.6 is 11.6 Å².